The molecule has 2 heterocycles. The molecule has 1 aromatic rings. The fraction of sp³-hybridized carbons (Fsp3) is 0.643. The first-order valence-corrected chi connectivity index (χ1v) is 7.31. The Kier molecular flexibility index (Phi) is 5.32. The van der Waals surface area contributed by atoms with Gasteiger partial charge in [0.1, 0.15) is 24.3 Å². The number of hydrogen-bond donors (Lipinski definition) is 2. The van der Waals surface area contributed by atoms with E-state index in [1.807, 2.05) is 24.9 Å². The van der Waals surface area contributed by atoms with Gasteiger partial charge in [0.15, 0.2) is 5.82 Å². The van der Waals surface area contributed by atoms with Gasteiger partial charge in [0.25, 0.3) is 0 Å². The first kappa shape index (κ1) is 15.5. The van der Waals surface area contributed by atoms with E-state index in [1.54, 1.807) is 7.05 Å². The molecule has 0 bridgehead atoms. The molecule has 1 atom stereocenters. The second-order valence-electron chi connectivity index (χ2n) is 4.88. The summed E-state index contributed by atoms with van der Waals surface area (Å²) in [6, 6.07) is 1.71. The highest BCUT2D eigenvalue weighted by molar-refractivity contribution is 5.85. The topological polar surface area (TPSA) is 79.4 Å². The zero-order valence-electron chi connectivity index (χ0n) is 12.8. The zero-order valence-corrected chi connectivity index (χ0v) is 12.8. The molecule has 0 aliphatic carbocycles. The molecule has 1 amide bonds. The number of rotatable bonds is 6. The number of hydrogen-bond acceptors (Lipinski definition) is 6. The van der Waals surface area contributed by atoms with Crippen molar-refractivity contribution in [3.05, 3.63) is 11.9 Å². The number of ether oxygens (including phenoxy) is 1. The Morgan fingerprint density at radius 1 is 1.48 bits per heavy atom. The van der Waals surface area contributed by atoms with Crippen LogP contribution in [0.15, 0.2) is 6.07 Å². The van der Waals surface area contributed by atoms with Gasteiger partial charge >= 0.3 is 0 Å². The molecule has 1 aliphatic rings. The fourth-order valence-electron chi connectivity index (χ4n) is 2.50. The standard InChI is InChI=1S/C14H23N5O2/c1-4-21-9-12-17-11(15-2)8-13(18-12)19-7-5-6-10(19)14(20)16-3/h8,10H,4-7,9H2,1-3H3,(H,16,20)(H,15,17,18). The van der Waals surface area contributed by atoms with Gasteiger partial charge < -0.3 is 20.3 Å². The maximum atomic E-state index is 12.0. The molecule has 0 radical (unpaired) electrons. The minimum atomic E-state index is -0.158. The third-order valence-electron chi connectivity index (χ3n) is 3.55. The molecule has 0 saturated carbocycles. The van der Waals surface area contributed by atoms with Crippen LogP contribution in [-0.4, -0.2) is 49.2 Å². The highest BCUT2D eigenvalue weighted by Crippen LogP contribution is 2.25. The smallest absolute Gasteiger partial charge is 0.242 e. The first-order chi connectivity index (χ1) is 10.2. The number of carbonyl (C=O) groups excluding carboxylic acids is 1. The molecule has 0 aromatic carbocycles. The van der Waals surface area contributed by atoms with Crippen molar-refractivity contribution in [2.75, 3.05) is 37.5 Å². The number of likely N-dealkylation sites (N-methyl/N-ethyl adjacent to an activating group) is 1. The predicted molar refractivity (Wildman–Crippen MR) is 81.3 cm³/mol. The van der Waals surface area contributed by atoms with Crippen LogP contribution in [0.25, 0.3) is 0 Å². The van der Waals surface area contributed by atoms with Crippen molar-refractivity contribution in [2.24, 2.45) is 0 Å². The van der Waals surface area contributed by atoms with Crippen LogP contribution in [0.5, 0.6) is 0 Å². The summed E-state index contributed by atoms with van der Waals surface area (Å²) in [5, 5.41) is 5.75. The second kappa shape index (κ2) is 7.21. The number of anilines is 2. The first-order valence-electron chi connectivity index (χ1n) is 7.31. The van der Waals surface area contributed by atoms with Crippen LogP contribution < -0.4 is 15.5 Å². The molecule has 0 spiro atoms. The lowest BCUT2D eigenvalue weighted by Gasteiger charge is -2.25. The van der Waals surface area contributed by atoms with Gasteiger partial charge in [-0.2, -0.15) is 0 Å². The molecule has 1 aliphatic heterocycles. The molecule has 2 N–H and O–H groups in total. The van der Waals surface area contributed by atoms with E-state index in [0.717, 1.165) is 31.0 Å². The quantitative estimate of drug-likeness (QED) is 0.806. The summed E-state index contributed by atoms with van der Waals surface area (Å²) in [6.45, 7) is 3.75. The van der Waals surface area contributed by atoms with Crippen molar-refractivity contribution < 1.29 is 9.53 Å². The molecule has 7 heteroatoms. The van der Waals surface area contributed by atoms with Crippen LogP contribution in [0.1, 0.15) is 25.6 Å². The van der Waals surface area contributed by atoms with Gasteiger partial charge in [-0.25, -0.2) is 9.97 Å². The molecular weight excluding hydrogens is 270 g/mol. The number of amides is 1. The molecule has 1 aromatic heterocycles. The Balaban J connectivity index is 2.26. The predicted octanol–water partition coefficient (Wildman–Crippen LogP) is 0.770. The van der Waals surface area contributed by atoms with E-state index >= 15 is 0 Å². The number of aromatic nitrogens is 2. The lowest BCUT2D eigenvalue weighted by Crippen LogP contribution is -2.42. The van der Waals surface area contributed by atoms with E-state index in [-0.39, 0.29) is 11.9 Å². The maximum absolute atomic E-state index is 12.0. The van der Waals surface area contributed by atoms with Crippen LogP contribution in [-0.2, 0) is 16.1 Å². The van der Waals surface area contributed by atoms with E-state index in [1.165, 1.54) is 0 Å². The minimum absolute atomic E-state index is 0.0310. The van der Waals surface area contributed by atoms with Gasteiger partial charge in [-0.15, -0.1) is 0 Å². The third-order valence-corrected chi connectivity index (χ3v) is 3.55. The van der Waals surface area contributed by atoms with E-state index in [0.29, 0.717) is 19.0 Å². The Morgan fingerprint density at radius 2 is 2.29 bits per heavy atom. The molecule has 1 unspecified atom stereocenters. The Labute approximate surface area is 125 Å². The monoisotopic (exact) mass is 293 g/mol. The Hall–Kier alpha value is -1.89. The average Bonchev–Trinajstić information content (AvgIpc) is 3.01. The number of nitrogens with one attached hydrogen (secondary N) is 2. The molecule has 116 valence electrons. The van der Waals surface area contributed by atoms with E-state index < -0.39 is 0 Å². The lowest BCUT2D eigenvalue weighted by atomic mass is 10.2. The summed E-state index contributed by atoms with van der Waals surface area (Å²) in [7, 11) is 3.48. The summed E-state index contributed by atoms with van der Waals surface area (Å²) in [5.74, 6) is 2.16. The zero-order chi connectivity index (χ0) is 15.2. The van der Waals surface area contributed by atoms with Gasteiger partial charge in [0, 0.05) is 33.3 Å². The van der Waals surface area contributed by atoms with Crippen molar-refractivity contribution in [1.29, 1.82) is 0 Å². The summed E-state index contributed by atoms with van der Waals surface area (Å²) in [5.41, 5.74) is 0. The van der Waals surface area contributed by atoms with Gasteiger partial charge in [0.05, 0.1) is 0 Å². The van der Waals surface area contributed by atoms with Crippen molar-refractivity contribution >= 4 is 17.5 Å². The van der Waals surface area contributed by atoms with Gasteiger partial charge in [-0.1, -0.05) is 0 Å². The second-order valence-corrected chi connectivity index (χ2v) is 4.88. The van der Waals surface area contributed by atoms with Crippen LogP contribution in [0, 0.1) is 0 Å². The van der Waals surface area contributed by atoms with Crippen LogP contribution in [0.2, 0.25) is 0 Å². The highest BCUT2D eigenvalue weighted by Gasteiger charge is 2.31. The number of nitrogens with zero attached hydrogens (tertiary/aromatic N) is 3. The van der Waals surface area contributed by atoms with Crippen molar-refractivity contribution in [2.45, 2.75) is 32.4 Å². The summed E-state index contributed by atoms with van der Waals surface area (Å²) in [4.78, 5) is 22.9. The molecule has 7 nitrogen and oxygen atoms in total. The highest BCUT2D eigenvalue weighted by atomic mass is 16.5. The molecule has 1 saturated heterocycles. The normalized spacial score (nSPS) is 17.9. The van der Waals surface area contributed by atoms with Gasteiger partial charge in [-0.05, 0) is 19.8 Å². The summed E-state index contributed by atoms with van der Waals surface area (Å²) >= 11 is 0. The molecule has 1 fully saturated rings. The molecule has 21 heavy (non-hydrogen) atoms. The Bertz CT molecular complexity index is 494. The summed E-state index contributed by atoms with van der Waals surface area (Å²) in [6.07, 6.45) is 1.83. The SMILES string of the molecule is CCOCc1nc(NC)cc(N2CCCC2C(=O)NC)n1. The van der Waals surface area contributed by atoms with E-state index in [2.05, 4.69) is 20.6 Å². The molecule has 2 rings (SSSR count). The maximum Gasteiger partial charge on any atom is 0.242 e. The van der Waals surface area contributed by atoms with E-state index in [9.17, 15) is 4.79 Å². The number of carbonyl (C=O) groups is 1. The third kappa shape index (κ3) is 3.60. The van der Waals surface area contributed by atoms with Crippen molar-refractivity contribution in [3.8, 4) is 0 Å². The fourth-order valence-corrected chi connectivity index (χ4v) is 2.50. The minimum Gasteiger partial charge on any atom is -0.374 e. The van der Waals surface area contributed by atoms with E-state index in [4.69, 9.17) is 4.74 Å². The van der Waals surface area contributed by atoms with Crippen molar-refractivity contribution in [3.63, 3.8) is 0 Å². The Morgan fingerprint density at radius 3 is 2.95 bits per heavy atom. The van der Waals surface area contributed by atoms with Crippen LogP contribution >= 0.6 is 0 Å². The largest absolute Gasteiger partial charge is 0.374 e. The van der Waals surface area contributed by atoms with Gasteiger partial charge in [-0.3, -0.25) is 4.79 Å². The van der Waals surface area contributed by atoms with Crippen LogP contribution in [0.4, 0.5) is 11.6 Å². The lowest BCUT2D eigenvalue weighted by molar-refractivity contribution is -0.121. The van der Waals surface area contributed by atoms with Crippen LogP contribution in [0.3, 0.4) is 0 Å². The van der Waals surface area contributed by atoms with Crippen molar-refractivity contribution in [1.82, 2.24) is 15.3 Å². The summed E-state index contributed by atoms with van der Waals surface area (Å²) < 4.78 is 5.38. The van der Waals surface area contributed by atoms with Gasteiger partial charge in [0.2, 0.25) is 5.91 Å². The molecular formula is C14H23N5O2. The average molecular weight is 293 g/mol.